The summed E-state index contributed by atoms with van der Waals surface area (Å²) in [6.45, 7) is 3.13. The van der Waals surface area contributed by atoms with Crippen molar-refractivity contribution in [3.8, 4) is 17.9 Å². The van der Waals surface area contributed by atoms with Crippen molar-refractivity contribution < 1.29 is 4.39 Å². The van der Waals surface area contributed by atoms with Crippen molar-refractivity contribution in [2.75, 3.05) is 18.0 Å². The van der Waals surface area contributed by atoms with Gasteiger partial charge in [0.25, 0.3) is 5.56 Å². The number of nitriles is 1. The lowest BCUT2D eigenvalue weighted by Gasteiger charge is -2.31. The first-order valence-electron chi connectivity index (χ1n) is 10.6. The molecule has 10 heteroatoms. The summed E-state index contributed by atoms with van der Waals surface area (Å²) < 4.78 is 18.2. The fourth-order valence-corrected chi connectivity index (χ4v) is 4.17. The lowest BCUT2D eigenvalue weighted by atomic mass is 10.1. The van der Waals surface area contributed by atoms with E-state index in [4.69, 9.17) is 11.0 Å². The van der Waals surface area contributed by atoms with Crippen molar-refractivity contribution in [3.05, 3.63) is 56.0 Å². The summed E-state index contributed by atoms with van der Waals surface area (Å²) in [6, 6.07) is 5.77. The average molecular weight is 449 g/mol. The second-order valence-corrected chi connectivity index (χ2v) is 8.10. The number of aromatic nitrogens is 4. The van der Waals surface area contributed by atoms with Crippen LogP contribution in [0.5, 0.6) is 0 Å². The molecule has 1 atom stereocenters. The molecule has 1 aromatic carbocycles. The maximum absolute atomic E-state index is 14.1. The Bertz CT molecular complexity index is 1450. The molecule has 0 radical (unpaired) electrons. The number of hydrogen-bond donors (Lipinski definition) is 1. The van der Waals surface area contributed by atoms with Crippen LogP contribution in [0, 0.1) is 29.0 Å². The minimum Gasteiger partial charge on any atom is -0.341 e. The number of nitrogens with two attached hydrogens (primary N) is 1. The Hall–Kier alpha value is -3.89. The van der Waals surface area contributed by atoms with Gasteiger partial charge in [-0.05, 0) is 37.5 Å². The van der Waals surface area contributed by atoms with E-state index in [-0.39, 0.29) is 35.9 Å². The quantitative estimate of drug-likeness (QED) is 0.592. The van der Waals surface area contributed by atoms with Crippen LogP contribution in [0.2, 0.25) is 0 Å². The van der Waals surface area contributed by atoms with Crippen molar-refractivity contribution in [2.45, 2.75) is 38.9 Å². The van der Waals surface area contributed by atoms with E-state index < -0.39 is 17.1 Å². The van der Waals surface area contributed by atoms with Crippen molar-refractivity contribution >= 4 is 17.1 Å². The van der Waals surface area contributed by atoms with Gasteiger partial charge >= 0.3 is 5.69 Å². The van der Waals surface area contributed by atoms with Gasteiger partial charge in [-0.25, -0.2) is 9.18 Å². The third kappa shape index (κ3) is 4.01. The molecule has 33 heavy (non-hydrogen) atoms. The molecular formula is C23H24FN7O2. The molecule has 2 aromatic heterocycles. The van der Waals surface area contributed by atoms with E-state index in [2.05, 4.69) is 16.8 Å². The molecule has 1 saturated heterocycles. The smallest absolute Gasteiger partial charge is 0.332 e. The normalized spacial score (nSPS) is 15.8. The fourth-order valence-electron chi connectivity index (χ4n) is 4.17. The molecule has 0 bridgehead atoms. The number of halogens is 1. The lowest BCUT2D eigenvalue weighted by Crippen LogP contribution is -2.44. The van der Waals surface area contributed by atoms with Gasteiger partial charge in [0.15, 0.2) is 11.2 Å². The number of piperidine rings is 1. The molecule has 0 saturated carbocycles. The van der Waals surface area contributed by atoms with E-state index in [9.17, 15) is 14.0 Å². The molecule has 4 rings (SSSR count). The Labute approximate surface area is 189 Å². The summed E-state index contributed by atoms with van der Waals surface area (Å²) >= 11 is 0. The van der Waals surface area contributed by atoms with Crippen LogP contribution in [0.1, 0.15) is 30.9 Å². The number of anilines is 1. The van der Waals surface area contributed by atoms with Gasteiger partial charge in [-0.15, -0.1) is 5.92 Å². The van der Waals surface area contributed by atoms with Crippen LogP contribution in [0.15, 0.2) is 27.8 Å². The summed E-state index contributed by atoms with van der Waals surface area (Å²) in [5.41, 5.74) is 5.87. The topological polar surface area (TPSA) is 115 Å². The SMILES string of the molecule is CC#CCn1c(N2CCCC(N)C2)nc2c1c(=O)n(Cc1ccc(C#N)c(F)c1)c(=O)n2C. The fraction of sp³-hybridized carbons (Fsp3) is 0.391. The van der Waals surface area contributed by atoms with E-state index in [0.29, 0.717) is 18.1 Å². The molecule has 3 aromatic rings. The van der Waals surface area contributed by atoms with Crippen molar-refractivity contribution in [2.24, 2.45) is 12.8 Å². The highest BCUT2D eigenvalue weighted by Gasteiger charge is 2.26. The molecule has 9 nitrogen and oxygen atoms in total. The first kappa shape index (κ1) is 22.3. The molecule has 0 amide bonds. The number of imidazole rings is 1. The molecule has 1 aliphatic rings. The molecular weight excluding hydrogens is 425 g/mol. The van der Waals surface area contributed by atoms with Crippen LogP contribution in [0.4, 0.5) is 10.3 Å². The van der Waals surface area contributed by atoms with E-state index in [0.717, 1.165) is 30.0 Å². The minimum atomic E-state index is -0.701. The van der Waals surface area contributed by atoms with Crippen LogP contribution < -0.4 is 21.9 Å². The van der Waals surface area contributed by atoms with E-state index >= 15 is 0 Å². The number of hydrogen-bond acceptors (Lipinski definition) is 6. The first-order chi connectivity index (χ1) is 15.8. The predicted molar refractivity (Wildman–Crippen MR) is 122 cm³/mol. The van der Waals surface area contributed by atoms with Crippen LogP contribution in [-0.2, 0) is 20.1 Å². The Morgan fingerprint density at radius 3 is 2.76 bits per heavy atom. The Morgan fingerprint density at radius 2 is 2.09 bits per heavy atom. The van der Waals surface area contributed by atoms with E-state index in [1.165, 1.54) is 16.7 Å². The third-order valence-corrected chi connectivity index (χ3v) is 5.86. The molecule has 170 valence electrons. The van der Waals surface area contributed by atoms with Gasteiger partial charge in [0.2, 0.25) is 5.95 Å². The van der Waals surface area contributed by atoms with Gasteiger partial charge in [0, 0.05) is 26.2 Å². The van der Waals surface area contributed by atoms with Gasteiger partial charge in [-0.3, -0.25) is 18.5 Å². The van der Waals surface area contributed by atoms with Crippen LogP contribution >= 0.6 is 0 Å². The van der Waals surface area contributed by atoms with E-state index in [1.807, 2.05) is 4.90 Å². The Morgan fingerprint density at radius 1 is 1.30 bits per heavy atom. The molecule has 1 unspecified atom stereocenters. The van der Waals surface area contributed by atoms with Gasteiger partial charge in [0.05, 0.1) is 18.7 Å². The summed E-state index contributed by atoms with van der Waals surface area (Å²) in [7, 11) is 1.55. The zero-order chi connectivity index (χ0) is 23.7. The van der Waals surface area contributed by atoms with Gasteiger partial charge in [-0.1, -0.05) is 12.0 Å². The molecule has 1 fully saturated rings. The standard InChI is InChI=1S/C23H24FN7O2/c1-3-4-10-30-19-20(27-22(30)29-9-5-6-17(26)14-29)28(2)23(33)31(21(19)32)13-15-7-8-16(12-25)18(24)11-15/h7-8,11,17H,5-6,9-10,13-14,26H2,1-2H3. The maximum Gasteiger partial charge on any atom is 0.332 e. The van der Waals surface area contributed by atoms with Gasteiger partial charge < -0.3 is 10.6 Å². The highest BCUT2D eigenvalue weighted by molar-refractivity contribution is 5.75. The second kappa shape index (κ2) is 8.93. The summed E-state index contributed by atoms with van der Waals surface area (Å²) in [5.74, 6) is 5.67. The zero-order valence-electron chi connectivity index (χ0n) is 18.5. The Kier molecular flexibility index (Phi) is 6.03. The summed E-state index contributed by atoms with van der Waals surface area (Å²) in [4.78, 5) is 33.2. The molecule has 3 heterocycles. The van der Waals surface area contributed by atoms with Crippen LogP contribution in [-0.4, -0.2) is 37.8 Å². The monoisotopic (exact) mass is 449 g/mol. The number of fused-ring (bicyclic) bond motifs is 1. The summed E-state index contributed by atoms with van der Waals surface area (Å²) in [6.07, 6.45) is 1.81. The predicted octanol–water partition coefficient (Wildman–Crippen LogP) is 0.907. The zero-order valence-corrected chi connectivity index (χ0v) is 18.5. The molecule has 0 spiro atoms. The maximum atomic E-state index is 14.1. The molecule has 2 N–H and O–H groups in total. The van der Waals surface area contributed by atoms with E-state index in [1.54, 1.807) is 24.6 Å². The molecule has 1 aliphatic heterocycles. The molecule has 0 aliphatic carbocycles. The minimum absolute atomic E-state index is 0.00368. The Balaban J connectivity index is 1.90. The van der Waals surface area contributed by atoms with Crippen molar-refractivity contribution in [3.63, 3.8) is 0 Å². The van der Waals surface area contributed by atoms with Crippen LogP contribution in [0.3, 0.4) is 0 Å². The van der Waals surface area contributed by atoms with Crippen LogP contribution in [0.25, 0.3) is 11.2 Å². The highest BCUT2D eigenvalue weighted by Crippen LogP contribution is 2.23. The van der Waals surface area contributed by atoms with Gasteiger partial charge in [0.1, 0.15) is 11.9 Å². The number of nitrogens with zero attached hydrogens (tertiary/aromatic N) is 6. The van der Waals surface area contributed by atoms with Crippen molar-refractivity contribution in [1.29, 1.82) is 5.26 Å². The number of rotatable bonds is 4. The number of aryl methyl sites for hydroxylation is 1. The number of benzene rings is 1. The second-order valence-electron chi connectivity index (χ2n) is 8.10. The van der Waals surface area contributed by atoms with Crippen molar-refractivity contribution in [1.82, 2.24) is 18.7 Å². The first-order valence-corrected chi connectivity index (χ1v) is 10.6. The lowest BCUT2D eigenvalue weighted by molar-refractivity contribution is 0.496. The van der Waals surface area contributed by atoms with Gasteiger partial charge in [-0.2, -0.15) is 10.2 Å². The highest BCUT2D eigenvalue weighted by atomic mass is 19.1. The summed E-state index contributed by atoms with van der Waals surface area (Å²) in [5, 5.41) is 8.94. The largest absolute Gasteiger partial charge is 0.341 e. The third-order valence-electron chi connectivity index (χ3n) is 5.86. The average Bonchev–Trinajstić information content (AvgIpc) is 3.19.